The predicted molar refractivity (Wildman–Crippen MR) is 72.3 cm³/mol. The number of esters is 1. The van der Waals surface area contributed by atoms with Crippen LogP contribution < -0.4 is 5.32 Å². The molecule has 0 bridgehead atoms. The third kappa shape index (κ3) is 4.12. The molecule has 0 fully saturated rings. The highest BCUT2D eigenvalue weighted by Gasteiger charge is 2.16. The Bertz CT molecular complexity index is 408. The highest BCUT2D eigenvalue weighted by molar-refractivity contribution is 9.10. The number of carbonyl (C=O) groups excluding carboxylic acids is 1. The number of hydrogen-bond donors (Lipinski definition) is 1. The van der Waals surface area contributed by atoms with Gasteiger partial charge in [-0.15, -0.1) is 0 Å². The van der Waals surface area contributed by atoms with Crippen LogP contribution in [0.3, 0.4) is 0 Å². The van der Waals surface area contributed by atoms with Crippen LogP contribution in [0.4, 0.5) is 10.1 Å². The van der Waals surface area contributed by atoms with Crippen LogP contribution in [-0.2, 0) is 9.53 Å². The van der Waals surface area contributed by atoms with E-state index in [0.29, 0.717) is 10.2 Å². The van der Waals surface area contributed by atoms with Crippen LogP contribution in [-0.4, -0.2) is 24.5 Å². The van der Waals surface area contributed by atoms with Crippen molar-refractivity contribution in [3.8, 4) is 0 Å². The minimum Gasteiger partial charge on any atom is -0.468 e. The SMILES string of the molecule is COC(=O)C(Br)CNc1c(Cl)cc(F)cc1Br. The number of halogens is 4. The highest BCUT2D eigenvalue weighted by atomic mass is 79.9. The van der Waals surface area contributed by atoms with E-state index < -0.39 is 16.6 Å². The van der Waals surface area contributed by atoms with Gasteiger partial charge in [-0.1, -0.05) is 27.5 Å². The van der Waals surface area contributed by atoms with Crippen molar-refractivity contribution >= 4 is 55.1 Å². The van der Waals surface area contributed by atoms with Gasteiger partial charge in [0.25, 0.3) is 0 Å². The standard InChI is InChI=1S/C10H9Br2ClFNO2/c1-17-10(16)7(12)4-15-9-6(11)2-5(14)3-8(9)13/h2-3,7,15H,4H2,1H3. The molecule has 1 atom stereocenters. The largest absolute Gasteiger partial charge is 0.468 e. The van der Waals surface area contributed by atoms with Crippen LogP contribution in [0.2, 0.25) is 5.02 Å². The second-order valence-corrected chi connectivity index (χ2v) is 5.48. The van der Waals surface area contributed by atoms with E-state index in [-0.39, 0.29) is 11.6 Å². The summed E-state index contributed by atoms with van der Waals surface area (Å²) in [6.07, 6.45) is 0. The third-order valence-corrected chi connectivity index (χ3v) is 3.54. The van der Waals surface area contributed by atoms with Gasteiger partial charge in [-0.3, -0.25) is 4.79 Å². The number of nitrogens with one attached hydrogen (secondary N) is 1. The lowest BCUT2D eigenvalue weighted by molar-refractivity contribution is -0.139. The molecular formula is C10H9Br2ClFNO2. The number of carbonyl (C=O) groups is 1. The first-order valence-electron chi connectivity index (χ1n) is 4.56. The summed E-state index contributed by atoms with van der Waals surface area (Å²) in [6.45, 7) is 0.274. The van der Waals surface area contributed by atoms with Gasteiger partial charge in [-0.2, -0.15) is 0 Å². The Kier molecular flexibility index (Phi) is 5.69. The van der Waals surface area contributed by atoms with Crippen molar-refractivity contribution in [3.63, 3.8) is 0 Å². The molecule has 0 saturated carbocycles. The van der Waals surface area contributed by atoms with Crippen LogP contribution in [0.1, 0.15) is 0 Å². The Hall–Kier alpha value is -0.330. The summed E-state index contributed by atoms with van der Waals surface area (Å²) in [5.41, 5.74) is 0.529. The quantitative estimate of drug-likeness (QED) is 0.632. The number of rotatable bonds is 4. The van der Waals surface area contributed by atoms with E-state index in [4.69, 9.17) is 11.6 Å². The number of alkyl halides is 1. The van der Waals surface area contributed by atoms with E-state index in [1.807, 2.05) is 0 Å². The Balaban J connectivity index is 2.73. The second kappa shape index (κ2) is 6.56. The molecule has 7 heteroatoms. The van der Waals surface area contributed by atoms with Gasteiger partial charge in [0.05, 0.1) is 17.8 Å². The number of anilines is 1. The minimum absolute atomic E-state index is 0.237. The molecule has 0 spiro atoms. The molecule has 0 heterocycles. The molecule has 0 aliphatic carbocycles. The average Bonchev–Trinajstić information content (AvgIpc) is 2.26. The number of methoxy groups -OCH3 is 1. The van der Waals surface area contributed by atoms with Crippen molar-refractivity contribution in [3.05, 3.63) is 27.4 Å². The lowest BCUT2D eigenvalue weighted by Crippen LogP contribution is -2.24. The van der Waals surface area contributed by atoms with Gasteiger partial charge < -0.3 is 10.1 Å². The maximum Gasteiger partial charge on any atom is 0.321 e. The summed E-state index contributed by atoms with van der Waals surface area (Å²) >= 11 is 12.2. The zero-order chi connectivity index (χ0) is 13.0. The van der Waals surface area contributed by atoms with Gasteiger partial charge in [0.1, 0.15) is 10.6 Å². The Morgan fingerprint density at radius 1 is 1.65 bits per heavy atom. The molecule has 17 heavy (non-hydrogen) atoms. The van der Waals surface area contributed by atoms with Gasteiger partial charge in [-0.05, 0) is 28.1 Å². The van der Waals surface area contributed by atoms with Crippen molar-refractivity contribution in [1.29, 1.82) is 0 Å². The molecule has 1 unspecified atom stereocenters. The average molecular weight is 389 g/mol. The zero-order valence-electron chi connectivity index (χ0n) is 8.77. The summed E-state index contributed by atoms with van der Waals surface area (Å²) in [7, 11) is 1.30. The Labute approximate surface area is 120 Å². The number of ether oxygens (including phenoxy) is 1. The van der Waals surface area contributed by atoms with Crippen LogP contribution in [0.25, 0.3) is 0 Å². The molecular weight excluding hydrogens is 380 g/mol. The maximum absolute atomic E-state index is 13.0. The van der Waals surface area contributed by atoms with Crippen molar-refractivity contribution in [1.82, 2.24) is 0 Å². The Morgan fingerprint density at radius 3 is 2.82 bits per heavy atom. The fraction of sp³-hybridized carbons (Fsp3) is 0.300. The van der Waals surface area contributed by atoms with Gasteiger partial charge in [-0.25, -0.2) is 4.39 Å². The first-order chi connectivity index (χ1) is 7.95. The number of hydrogen-bond acceptors (Lipinski definition) is 3. The molecule has 0 aromatic heterocycles. The van der Waals surface area contributed by atoms with Crippen LogP contribution in [0, 0.1) is 5.82 Å². The van der Waals surface area contributed by atoms with Gasteiger partial charge >= 0.3 is 5.97 Å². The summed E-state index contributed by atoms with van der Waals surface area (Å²) in [5.74, 6) is -0.831. The van der Waals surface area contributed by atoms with Crippen molar-refractivity contribution in [2.75, 3.05) is 19.0 Å². The molecule has 1 rings (SSSR count). The summed E-state index contributed by atoms with van der Waals surface area (Å²) in [4.78, 5) is 10.6. The monoisotopic (exact) mass is 387 g/mol. The lowest BCUT2D eigenvalue weighted by atomic mass is 10.3. The summed E-state index contributed by atoms with van der Waals surface area (Å²) < 4.78 is 18.0. The molecule has 1 aromatic rings. The Morgan fingerprint density at radius 2 is 2.29 bits per heavy atom. The minimum atomic E-state index is -0.500. The molecule has 1 N–H and O–H groups in total. The molecule has 94 valence electrons. The predicted octanol–water partition coefficient (Wildman–Crippen LogP) is 3.59. The fourth-order valence-corrected chi connectivity index (χ4v) is 2.42. The lowest BCUT2D eigenvalue weighted by Gasteiger charge is -2.13. The van der Waals surface area contributed by atoms with Crippen molar-refractivity contribution in [2.45, 2.75) is 4.83 Å². The van der Waals surface area contributed by atoms with E-state index in [1.54, 1.807) is 0 Å². The smallest absolute Gasteiger partial charge is 0.321 e. The molecule has 0 amide bonds. The van der Waals surface area contributed by atoms with Crippen LogP contribution >= 0.6 is 43.5 Å². The zero-order valence-corrected chi connectivity index (χ0v) is 12.7. The molecule has 3 nitrogen and oxygen atoms in total. The normalized spacial score (nSPS) is 12.1. The first-order valence-corrected chi connectivity index (χ1v) is 6.64. The summed E-state index contributed by atoms with van der Waals surface area (Å²) in [5, 5.41) is 3.17. The van der Waals surface area contributed by atoms with E-state index in [9.17, 15) is 9.18 Å². The molecule has 0 radical (unpaired) electrons. The van der Waals surface area contributed by atoms with E-state index in [2.05, 4.69) is 41.9 Å². The van der Waals surface area contributed by atoms with Crippen molar-refractivity contribution in [2.24, 2.45) is 0 Å². The van der Waals surface area contributed by atoms with E-state index >= 15 is 0 Å². The van der Waals surface area contributed by atoms with Crippen LogP contribution in [0.15, 0.2) is 16.6 Å². The van der Waals surface area contributed by atoms with Crippen molar-refractivity contribution < 1.29 is 13.9 Å². The first kappa shape index (κ1) is 14.7. The maximum atomic E-state index is 13.0. The highest BCUT2D eigenvalue weighted by Crippen LogP contribution is 2.31. The fourth-order valence-electron chi connectivity index (χ4n) is 1.11. The van der Waals surface area contributed by atoms with E-state index in [0.717, 1.165) is 0 Å². The molecule has 0 aliphatic heterocycles. The molecule has 0 aliphatic rings. The molecule has 1 aromatic carbocycles. The van der Waals surface area contributed by atoms with E-state index in [1.165, 1.54) is 19.2 Å². The second-order valence-electron chi connectivity index (χ2n) is 3.12. The van der Waals surface area contributed by atoms with Gasteiger partial charge in [0.15, 0.2) is 0 Å². The van der Waals surface area contributed by atoms with Crippen LogP contribution in [0.5, 0.6) is 0 Å². The van der Waals surface area contributed by atoms with Gasteiger partial charge in [0, 0.05) is 11.0 Å². The number of benzene rings is 1. The topological polar surface area (TPSA) is 38.3 Å². The third-order valence-electron chi connectivity index (χ3n) is 1.92. The molecule has 0 saturated heterocycles. The van der Waals surface area contributed by atoms with Gasteiger partial charge in [0.2, 0.25) is 0 Å². The summed E-state index contributed by atoms with van der Waals surface area (Å²) in [6, 6.07) is 2.48.